The zero-order chi connectivity index (χ0) is 19.0. The van der Waals surface area contributed by atoms with Crippen LogP contribution in [-0.4, -0.2) is 11.8 Å². The summed E-state index contributed by atoms with van der Waals surface area (Å²) >= 11 is 4.84. The fourth-order valence-corrected chi connectivity index (χ4v) is 4.15. The Bertz CT molecular complexity index is 1070. The molecular formula is C21H15BrN2O2S. The first-order chi connectivity index (χ1) is 13.1. The Balaban J connectivity index is 1.82. The third kappa shape index (κ3) is 3.22. The maximum atomic E-state index is 13.2. The second kappa shape index (κ2) is 7.13. The molecule has 2 heterocycles. The average molecular weight is 439 g/mol. The van der Waals surface area contributed by atoms with Gasteiger partial charge < -0.3 is 5.32 Å². The highest BCUT2D eigenvalue weighted by atomic mass is 79.9. The van der Waals surface area contributed by atoms with Gasteiger partial charge in [0.2, 0.25) is 0 Å². The van der Waals surface area contributed by atoms with Gasteiger partial charge in [0.05, 0.1) is 11.3 Å². The fourth-order valence-electron chi connectivity index (χ4n) is 2.99. The van der Waals surface area contributed by atoms with Crippen LogP contribution in [0.4, 0.5) is 11.4 Å². The van der Waals surface area contributed by atoms with Crippen LogP contribution in [0, 0.1) is 6.92 Å². The lowest BCUT2D eigenvalue weighted by atomic mass is 10.1. The Morgan fingerprint density at radius 2 is 1.78 bits per heavy atom. The smallest absolute Gasteiger partial charge is 0.282 e. The molecule has 0 spiro atoms. The van der Waals surface area contributed by atoms with E-state index < -0.39 is 0 Å². The molecule has 1 aliphatic rings. The highest BCUT2D eigenvalue weighted by molar-refractivity contribution is 9.10. The van der Waals surface area contributed by atoms with Gasteiger partial charge in [0.15, 0.2) is 0 Å². The number of imide groups is 1. The van der Waals surface area contributed by atoms with Crippen LogP contribution in [0.1, 0.15) is 10.4 Å². The van der Waals surface area contributed by atoms with Gasteiger partial charge in [0.1, 0.15) is 5.70 Å². The minimum Gasteiger partial charge on any atom is -0.350 e. The molecule has 27 heavy (non-hydrogen) atoms. The first-order valence-electron chi connectivity index (χ1n) is 8.31. The van der Waals surface area contributed by atoms with Crippen molar-refractivity contribution in [3.63, 3.8) is 0 Å². The van der Waals surface area contributed by atoms with Crippen LogP contribution >= 0.6 is 27.3 Å². The Morgan fingerprint density at radius 1 is 0.963 bits per heavy atom. The largest absolute Gasteiger partial charge is 0.350 e. The van der Waals surface area contributed by atoms with E-state index in [4.69, 9.17) is 0 Å². The van der Waals surface area contributed by atoms with Crippen molar-refractivity contribution < 1.29 is 9.59 Å². The molecular weight excluding hydrogens is 424 g/mol. The van der Waals surface area contributed by atoms with Gasteiger partial charge in [-0.3, -0.25) is 9.59 Å². The first kappa shape index (κ1) is 17.7. The zero-order valence-electron chi connectivity index (χ0n) is 14.4. The third-order valence-corrected chi connectivity index (χ3v) is 5.70. The molecule has 4 nitrogen and oxygen atoms in total. The van der Waals surface area contributed by atoms with Crippen molar-refractivity contribution in [3.05, 3.63) is 86.7 Å². The summed E-state index contributed by atoms with van der Waals surface area (Å²) in [4.78, 5) is 28.4. The number of hydrogen-bond donors (Lipinski definition) is 1. The lowest BCUT2D eigenvalue weighted by Gasteiger charge is -2.16. The summed E-state index contributed by atoms with van der Waals surface area (Å²) in [5.41, 5.74) is 3.04. The summed E-state index contributed by atoms with van der Waals surface area (Å²) in [6, 6.07) is 18.6. The molecule has 0 bridgehead atoms. The van der Waals surface area contributed by atoms with Crippen molar-refractivity contribution in [2.24, 2.45) is 0 Å². The fraction of sp³-hybridized carbons (Fsp3) is 0.0476. The molecule has 4 rings (SSSR count). The maximum Gasteiger partial charge on any atom is 0.282 e. The van der Waals surface area contributed by atoms with Gasteiger partial charge in [-0.05, 0) is 48.2 Å². The van der Waals surface area contributed by atoms with Crippen LogP contribution in [0.5, 0.6) is 0 Å². The number of halogens is 1. The van der Waals surface area contributed by atoms with Crippen LogP contribution in [0.2, 0.25) is 0 Å². The number of nitrogens with zero attached hydrogens (tertiary/aromatic N) is 1. The number of carbonyl (C=O) groups excluding carboxylic acids is 2. The minimum absolute atomic E-state index is 0.303. The van der Waals surface area contributed by atoms with Crippen LogP contribution in [0.25, 0.3) is 5.57 Å². The number of carbonyl (C=O) groups is 2. The second-order valence-corrected chi connectivity index (χ2v) is 7.96. The number of aryl methyl sites for hydroxylation is 1. The van der Waals surface area contributed by atoms with Crippen molar-refractivity contribution in [1.82, 2.24) is 0 Å². The third-order valence-electron chi connectivity index (χ3n) is 4.32. The molecule has 1 N–H and O–H groups in total. The minimum atomic E-state index is -0.357. The molecule has 2 aromatic carbocycles. The zero-order valence-corrected chi connectivity index (χ0v) is 16.8. The molecule has 134 valence electrons. The molecule has 0 atom stereocenters. The van der Waals surface area contributed by atoms with E-state index in [0.29, 0.717) is 17.0 Å². The summed E-state index contributed by atoms with van der Waals surface area (Å²) in [7, 11) is 0. The van der Waals surface area contributed by atoms with Crippen molar-refractivity contribution in [2.75, 3.05) is 10.2 Å². The molecule has 0 aliphatic carbocycles. The van der Waals surface area contributed by atoms with Gasteiger partial charge in [-0.1, -0.05) is 46.3 Å². The lowest BCUT2D eigenvalue weighted by Crippen LogP contribution is -2.32. The second-order valence-electron chi connectivity index (χ2n) is 6.09. The van der Waals surface area contributed by atoms with Gasteiger partial charge in [-0.2, -0.15) is 0 Å². The predicted octanol–water partition coefficient (Wildman–Crippen LogP) is 5.22. The molecule has 0 radical (unpaired) electrons. The number of hydrogen-bond acceptors (Lipinski definition) is 4. The monoisotopic (exact) mass is 438 g/mol. The van der Waals surface area contributed by atoms with Gasteiger partial charge in [-0.25, -0.2) is 4.90 Å². The molecule has 2 amide bonds. The van der Waals surface area contributed by atoms with Crippen molar-refractivity contribution in [2.45, 2.75) is 6.92 Å². The van der Waals surface area contributed by atoms with E-state index >= 15 is 0 Å². The Kier molecular flexibility index (Phi) is 4.68. The van der Waals surface area contributed by atoms with Gasteiger partial charge in [0, 0.05) is 15.0 Å². The summed E-state index contributed by atoms with van der Waals surface area (Å²) < 4.78 is 0.804. The molecule has 3 aromatic rings. The normalized spacial score (nSPS) is 14.2. The van der Waals surface area contributed by atoms with Crippen molar-refractivity contribution in [1.29, 1.82) is 0 Å². The Morgan fingerprint density at radius 3 is 2.48 bits per heavy atom. The Hall–Kier alpha value is -2.70. The van der Waals surface area contributed by atoms with Crippen LogP contribution in [-0.2, 0) is 9.59 Å². The highest BCUT2D eigenvalue weighted by Gasteiger charge is 2.40. The van der Waals surface area contributed by atoms with E-state index in [1.165, 1.54) is 16.2 Å². The van der Waals surface area contributed by atoms with E-state index in [1.54, 1.807) is 18.2 Å². The summed E-state index contributed by atoms with van der Waals surface area (Å²) in [5, 5.41) is 5.10. The number of amides is 2. The summed E-state index contributed by atoms with van der Waals surface area (Å²) in [6.45, 7) is 1.96. The van der Waals surface area contributed by atoms with Crippen molar-refractivity contribution >= 4 is 56.0 Å². The van der Waals surface area contributed by atoms with E-state index in [0.717, 1.165) is 20.6 Å². The molecule has 0 unspecified atom stereocenters. The predicted molar refractivity (Wildman–Crippen MR) is 113 cm³/mol. The molecule has 0 saturated heterocycles. The standard InChI is InChI=1S/C21H15BrN2O2S/c1-13-6-2-3-9-16(13)23-19-18(17-10-5-11-27-17)20(25)24(21(19)26)15-8-4-7-14(22)12-15/h2-12,23H,1H3. The summed E-state index contributed by atoms with van der Waals surface area (Å²) in [6.07, 6.45) is 0. The summed E-state index contributed by atoms with van der Waals surface area (Å²) in [5.74, 6) is -0.679. The van der Waals surface area contributed by atoms with Crippen LogP contribution in [0.15, 0.2) is 76.2 Å². The molecule has 0 fully saturated rings. The number of benzene rings is 2. The topological polar surface area (TPSA) is 49.4 Å². The van der Waals surface area contributed by atoms with Gasteiger partial charge in [-0.15, -0.1) is 11.3 Å². The number of para-hydroxylation sites is 1. The Labute approximate surface area is 169 Å². The number of nitrogens with one attached hydrogen (secondary N) is 1. The number of anilines is 2. The number of rotatable bonds is 4. The average Bonchev–Trinajstić information content (AvgIpc) is 3.24. The van der Waals surface area contributed by atoms with Crippen molar-refractivity contribution in [3.8, 4) is 0 Å². The molecule has 1 aromatic heterocycles. The highest BCUT2D eigenvalue weighted by Crippen LogP contribution is 2.36. The molecule has 0 saturated carbocycles. The SMILES string of the molecule is Cc1ccccc1NC1=C(c2cccs2)C(=O)N(c2cccc(Br)c2)C1=O. The van der Waals surface area contributed by atoms with E-state index in [1.807, 2.05) is 54.8 Å². The van der Waals surface area contributed by atoms with E-state index in [-0.39, 0.29) is 11.8 Å². The maximum absolute atomic E-state index is 13.2. The van der Waals surface area contributed by atoms with Crippen LogP contribution in [0.3, 0.4) is 0 Å². The first-order valence-corrected chi connectivity index (χ1v) is 9.98. The van der Waals surface area contributed by atoms with E-state index in [9.17, 15) is 9.59 Å². The quantitative estimate of drug-likeness (QED) is 0.568. The van der Waals surface area contributed by atoms with Gasteiger partial charge in [0.25, 0.3) is 11.8 Å². The molecule has 6 heteroatoms. The number of thiophene rings is 1. The lowest BCUT2D eigenvalue weighted by molar-refractivity contribution is -0.120. The van der Waals surface area contributed by atoms with E-state index in [2.05, 4.69) is 21.2 Å². The van der Waals surface area contributed by atoms with Crippen LogP contribution < -0.4 is 10.2 Å². The van der Waals surface area contributed by atoms with Gasteiger partial charge >= 0.3 is 0 Å². The molecule has 1 aliphatic heterocycles.